The molecular formula is C22H24F3N3O2. The molecule has 2 aromatic rings. The normalized spacial score (nSPS) is 19.7. The molecule has 4 rings (SSSR count). The molecule has 8 heteroatoms. The van der Waals surface area contributed by atoms with Crippen molar-refractivity contribution in [3.8, 4) is 5.75 Å². The third-order valence-electron chi connectivity index (χ3n) is 5.65. The van der Waals surface area contributed by atoms with Crippen molar-refractivity contribution in [1.82, 2.24) is 10.2 Å². The summed E-state index contributed by atoms with van der Waals surface area (Å²) in [4.78, 5) is 17.2. The topological polar surface area (TPSA) is 44.8 Å². The quantitative estimate of drug-likeness (QED) is 0.830. The van der Waals surface area contributed by atoms with Crippen molar-refractivity contribution < 1.29 is 22.7 Å². The third kappa shape index (κ3) is 4.38. The average Bonchev–Trinajstić information content (AvgIpc) is 2.73. The van der Waals surface area contributed by atoms with Crippen LogP contribution >= 0.6 is 0 Å². The maximum Gasteiger partial charge on any atom is 0.416 e. The van der Waals surface area contributed by atoms with Gasteiger partial charge < -0.3 is 19.9 Å². The van der Waals surface area contributed by atoms with Crippen LogP contribution in [0, 0.1) is 0 Å². The Kier molecular flexibility index (Phi) is 5.60. The van der Waals surface area contributed by atoms with Crippen LogP contribution in [-0.2, 0) is 12.6 Å². The summed E-state index contributed by atoms with van der Waals surface area (Å²) in [7, 11) is 2.10. The molecule has 0 radical (unpaired) electrons. The van der Waals surface area contributed by atoms with Crippen LogP contribution in [0.25, 0.3) is 0 Å². The number of alkyl halides is 3. The number of piperazine rings is 1. The fourth-order valence-electron chi connectivity index (χ4n) is 3.91. The largest absolute Gasteiger partial charge is 0.491 e. The zero-order chi connectivity index (χ0) is 21.3. The third-order valence-corrected chi connectivity index (χ3v) is 5.65. The van der Waals surface area contributed by atoms with E-state index in [9.17, 15) is 18.0 Å². The lowest BCUT2D eigenvalue weighted by Crippen LogP contribution is -2.46. The molecule has 1 N–H and O–H groups in total. The van der Waals surface area contributed by atoms with Crippen LogP contribution in [0.4, 0.5) is 18.9 Å². The number of fused-ring (bicyclic) bond motifs is 1. The minimum Gasteiger partial charge on any atom is -0.491 e. The van der Waals surface area contributed by atoms with Gasteiger partial charge in [-0.15, -0.1) is 0 Å². The predicted octanol–water partition coefficient (Wildman–Crippen LogP) is 3.19. The minimum absolute atomic E-state index is 0.196. The molecule has 2 aliphatic rings. The van der Waals surface area contributed by atoms with Gasteiger partial charge in [0.05, 0.1) is 11.6 Å². The Bertz CT molecular complexity index is 907. The van der Waals surface area contributed by atoms with Gasteiger partial charge >= 0.3 is 6.18 Å². The number of carbonyl (C=O) groups excluding carboxylic acids is 1. The van der Waals surface area contributed by atoms with E-state index in [-0.39, 0.29) is 11.6 Å². The van der Waals surface area contributed by atoms with E-state index < -0.39 is 17.6 Å². The van der Waals surface area contributed by atoms with E-state index in [1.807, 2.05) is 12.1 Å². The van der Waals surface area contributed by atoms with E-state index in [0.29, 0.717) is 13.0 Å². The standard InChI is InChI=1S/C22H24F3N3O2/c1-27-9-11-28(12-10-27)19-3-2-4-20-18(19)13-17(14-30-20)26-21(29)15-5-7-16(8-6-15)22(23,24)25/h2-8,17H,9-14H2,1H3,(H,26,29)/t17-/m0/s1. The maximum absolute atomic E-state index is 12.7. The van der Waals surface area contributed by atoms with Gasteiger partial charge in [0.2, 0.25) is 0 Å². The van der Waals surface area contributed by atoms with Crippen molar-refractivity contribution in [2.75, 3.05) is 44.7 Å². The van der Waals surface area contributed by atoms with Gasteiger partial charge in [0.25, 0.3) is 5.91 Å². The number of halogens is 3. The van der Waals surface area contributed by atoms with Gasteiger partial charge in [-0.05, 0) is 43.4 Å². The molecule has 160 valence electrons. The molecule has 0 unspecified atom stereocenters. The summed E-state index contributed by atoms with van der Waals surface area (Å²) in [5.41, 5.74) is 1.60. The lowest BCUT2D eigenvalue weighted by Gasteiger charge is -2.37. The average molecular weight is 419 g/mol. The van der Waals surface area contributed by atoms with Gasteiger partial charge in [-0.25, -0.2) is 0 Å². The monoisotopic (exact) mass is 419 g/mol. The molecule has 2 aromatic carbocycles. The number of hydrogen-bond donors (Lipinski definition) is 1. The Hall–Kier alpha value is -2.74. The Labute approximate surface area is 173 Å². The Morgan fingerprint density at radius 2 is 1.77 bits per heavy atom. The minimum atomic E-state index is -4.42. The number of carbonyl (C=O) groups is 1. The van der Waals surface area contributed by atoms with Crippen molar-refractivity contribution in [1.29, 1.82) is 0 Å². The van der Waals surface area contributed by atoms with E-state index in [0.717, 1.165) is 55.3 Å². The lowest BCUT2D eigenvalue weighted by molar-refractivity contribution is -0.137. The van der Waals surface area contributed by atoms with Gasteiger partial charge in [-0.2, -0.15) is 13.2 Å². The number of rotatable bonds is 3. The zero-order valence-electron chi connectivity index (χ0n) is 16.7. The fraction of sp³-hybridized carbons (Fsp3) is 0.409. The molecule has 2 heterocycles. The summed E-state index contributed by atoms with van der Waals surface area (Å²) < 4.78 is 44.1. The number of hydrogen-bond acceptors (Lipinski definition) is 4. The lowest BCUT2D eigenvalue weighted by atomic mass is 9.99. The molecule has 0 aromatic heterocycles. The van der Waals surface area contributed by atoms with Crippen LogP contribution in [0.1, 0.15) is 21.5 Å². The number of anilines is 1. The highest BCUT2D eigenvalue weighted by molar-refractivity contribution is 5.94. The number of benzene rings is 2. The number of amides is 1. The molecule has 5 nitrogen and oxygen atoms in total. The zero-order valence-corrected chi connectivity index (χ0v) is 16.7. The molecule has 0 bridgehead atoms. The highest BCUT2D eigenvalue weighted by Gasteiger charge is 2.31. The first kappa shape index (κ1) is 20.5. The molecule has 1 fully saturated rings. The summed E-state index contributed by atoms with van der Waals surface area (Å²) in [5, 5.41) is 2.90. The summed E-state index contributed by atoms with van der Waals surface area (Å²) in [6.07, 6.45) is -3.81. The molecule has 1 atom stereocenters. The second-order valence-electron chi connectivity index (χ2n) is 7.80. The molecular weight excluding hydrogens is 395 g/mol. The van der Waals surface area contributed by atoms with Crippen LogP contribution in [0.15, 0.2) is 42.5 Å². The number of nitrogens with zero attached hydrogens (tertiary/aromatic N) is 2. The van der Waals surface area contributed by atoms with Crippen molar-refractivity contribution in [2.45, 2.75) is 18.6 Å². The van der Waals surface area contributed by atoms with Crippen LogP contribution in [0.2, 0.25) is 0 Å². The van der Waals surface area contributed by atoms with Gasteiger partial charge in [0.15, 0.2) is 0 Å². The second-order valence-corrected chi connectivity index (χ2v) is 7.80. The van der Waals surface area contributed by atoms with Crippen LogP contribution in [0.5, 0.6) is 5.75 Å². The Morgan fingerprint density at radius 3 is 2.43 bits per heavy atom. The fourth-order valence-corrected chi connectivity index (χ4v) is 3.91. The van der Waals surface area contributed by atoms with Gasteiger partial charge in [0, 0.05) is 49.4 Å². The van der Waals surface area contributed by atoms with Crippen molar-refractivity contribution in [2.24, 2.45) is 0 Å². The van der Waals surface area contributed by atoms with Crippen molar-refractivity contribution in [3.05, 3.63) is 59.2 Å². The highest BCUT2D eigenvalue weighted by atomic mass is 19.4. The number of likely N-dealkylation sites (N-methyl/N-ethyl adjacent to an activating group) is 1. The van der Waals surface area contributed by atoms with Crippen LogP contribution in [-0.4, -0.2) is 56.7 Å². The molecule has 0 saturated carbocycles. The molecule has 30 heavy (non-hydrogen) atoms. The van der Waals surface area contributed by atoms with E-state index >= 15 is 0 Å². The Morgan fingerprint density at radius 1 is 1.07 bits per heavy atom. The molecule has 1 saturated heterocycles. The Balaban J connectivity index is 1.46. The van der Waals surface area contributed by atoms with Gasteiger partial charge in [0.1, 0.15) is 12.4 Å². The maximum atomic E-state index is 12.7. The smallest absolute Gasteiger partial charge is 0.416 e. The summed E-state index contributed by atoms with van der Waals surface area (Å²) in [6, 6.07) is 9.99. The molecule has 0 aliphatic carbocycles. The van der Waals surface area contributed by atoms with E-state index in [1.54, 1.807) is 0 Å². The van der Waals surface area contributed by atoms with Gasteiger partial charge in [-0.3, -0.25) is 4.79 Å². The first-order valence-electron chi connectivity index (χ1n) is 9.97. The SMILES string of the molecule is CN1CCN(c2cccc3c2C[C@H](NC(=O)c2ccc(C(F)(F)F)cc2)CO3)CC1. The van der Waals surface area contributed by atoms with E-state index in [1.165, 1.54) is 12.1 Å². The first-order valence-corrected chi connectivity index (χ1v) is 9.97. The summed E-state index contributed by atoms with van der Waals surface area (Å²) in [6.45, 7) is 4.15. The number of nitrogens with one attached hydrogen (secondary N) is 1. The molecule has 1 amide bonds. The van der Waals surface area contributed by atoms with E-state index in [2.05, 4.69) is 28.2 Å². The second kappa shape index (κ2) is 8.18. The first-order chi connectivity index (χ1) is 14.3. The highest BCUT2D eigenvalue weighted by Crippen LogP contribution is 2.34. The van der Waals surface area contributed by atoms with Gasteiger partial charge in [-0.1, -0.05) is 6.07 Å². The summed E-state index contributed by atoms with van der Waals surface area (Å²) in [5.74, 6) is 0.421. The van der Waals surface area contributed by atoms with Crippen LogP contribution in [0.3, 0.4) is 0 Å². The van der Waals surface area contributed by atoms with E-state index in [4.69, 9.17) is 4.74 Å². The molecule has 0 spiro atoms. The molecule has 2 aliphatic heterocycles. The summed E-state index contributed by atoms with van der Waals surface area (Å²) >= 11 is 0. The van der Waals surface area contributed by atoms with Crippen molar-refractivity contribution >= 4 is 11.6 Å². The predicted molar refractivity (Wildman–Crippen MR) is 108 cm³/mol. The van der Waals surface area contributed by atoms with Crippen LogP contribution < -0.4 is 15.0 Å². The number of ether oxygens (including phenoxy) is 1. The van der Waals surface area contributed by atoms with Crippen molar-refractivity contribution in [3.63, 3.8) is 0 Å².